The van der Waals surface area contributed by atoms with Gasteiger partial charge >= 0.3 is 6.09 Å². The number of amides is 2. The van der Waals surface area contributed by atoms with E-state index >= 15 is 0 Å². The van der Waals surface area contributed by atoms with Gasteiger partial charge in [-0.1, -0.05) is 23.8 Å². The largest absolute Gasteiger partial charge is 0.450 e. The summed E-state index contributed by atoms with van der Waals surface area (Å²) < 4.78 is 5.10. The van der Waals surface area contributed by atoms with Gasteiger partial charge in [-0.15, -0.1) is 0 Å². The highest BCUT2D eigenvalue weighted by Gasteiger charge is 2.59. The molecule has 6 heteroatoms. The first kappa shape index (κ1) is 19.7. The third-order valence-electron chi connectivity index (χ3n) is 6.23. The first-order chi connectivity index (χ1) is 14.0. The highest BCUT2D eigenvalue weighted by molar-refractivity contribution is 6.12. The number of nitrogens with zero attached hydrogens (tertiary/aromatic N) is 3. The third kappa shape index (κ3) is 3.34. The molecule has 0 atom stereocenters. The number of hydrogen-bond acceptors (Lipinski definition) is 4. The fourth-order valence-electron chi connectivity index (χ4n) is 4.69. The molecule has 0 saturated carbocycles. The molecule has 0 bridgehead atoms. The van der Waals surface area contributed by atoms with Crippen LogP contribution in [0.5, 0.6) is 0 Å². The molecule has 1 fully saturated rings. The lowest BCUT2D eigenvalue weighted by Crippen LogP contribution is -2.65. The maximum Gasteiger partial charge on any atom is 0.409 e. The van der Waals surface area contributed by atoms with E-state index in [1.54, 1.807) is 11.8 Å². The van der Waals surface area contributed by atoms with Gasteiger partial charge in [-0.3, -0.25) is 9.79 Å². The van der Waals surface area contributed by atoms with E-state index in [0.29, 0.717) is 26.2 Å². The monoisotopic (exact) mass is 395 g/mol. The SMILES string of the molecule is CCOC(=O)N1CC2(C1)C(=O)N(CC(C)=NC1=C(C)CCCC1)c1ccccc12. The summed E-state index contributed by atoms with van der Waals surface area (Å²) in [6.07, 6.45) is 4.21. The molecule has 3 aliphatic rings. The number of hydrogen-bond donors (Lipinski definition) is 0. The average molecular weight is 396 g/mol. The lowest BCUT2D eigenvalue weighted by atomic mass is 9.75. The molecule has 1 spiro atoms. The predicted molar refractivity (Wildman–Crippen MR) is 113 cm³/mol. The van der Waals surface area contributed by atoms with Crippen molar-refractivity contribution in [2.45, 2.75) is 51.9 Å². The summed E-state index contributed by atoms with van der Waals surface area (Å²) in [4.78, 5) is 33.8. The number of para-hydroxylation sites is 1. The van der Waals surface area contributed by atoms with Crippen molar-refractivity contribution >= 4 is 23.4 Å². The lowest BCUT2D eigenvalue weighted by Gasteiger charge is -2.45. The Morgan fingerprint density at radius 1 is 1.21 bits per heavy atom. The van der Waals surface area contributed by atoms with Gasteiger partial charge in [-0.05, 0) is 58.1 Å². The van der Waals surface area contributed by atoms with Gasteiger partial charge in [-0.25, -0.2) is 4.79 Å². The van der Waals surface area contributed by atoms with Crippen LogP contribution in [-0.2, 0) is 14.9 Å². The normalized spacial score (nSPS) is 20.8. The van der Waals surface area contributed by atoms with Crippen LogP contribution >= 0.6 is 0 Å². The Balaban J connectivity index is 1.57. The zero-order valence-electron chi connectivity index (χ0n) is 17.5. The minimum Gasteiger partial charge on any atom is -0.450 e. The van der Waals surface area contributed by atoms with Crippen LogP contribution in [0.2, 0.25) is 0 Å². The van der Waals surface area contributed by atoms with E-state index in [9.17, 15) is 9.59 Å². The molecule has 0 unspecified atom stereocenters. The van der Waals surface area contributed by atoms with Crippen LogP contribution in [-0.4, -0.2) is 48.9 Å². The van der Waals surface area contributed by atoms with Crippen molar-refractivity contribution < 1.29 is 14.3 Å². The molecule has 2 heterocycles. The van der Waals surface area contributed by atoms with Crippen molar-refractivity contribution in [3.05, 3.63) is 41.1 Å². The average Bonchev–Trinajstić information content (AvgIpc) is 2.91. The maximum atomic E-state index is 13.5. The Morgan fingerprint density at radius 3 is 2.66 bits per heavy atom. The van der Waals surface area contributed by atoms with Gasteiger partial charge in [0.25, 0.3) is 0 Å². The first-order valence-electron chi connectivity index (χ1n) is 10.5. The van der Waals surface area contributed by atoms with Gasteiger partial charge in [-0.2, -0.15) is 0 Å². The summed E-state index contributed by atoms with van der Waals surface area (Å²) >= 11 is 0. The van der Waals surface area contributed by atoms with Crippen molar-refractivity contribution in [1.29, 1.82) is 0 Å². The molecule has 1 aliphatic carbocycles. The smallest absolute Gasteiger partial charge is 0.409 e. The van der Waals surface area contributed by atoms with E-state index in [1.807, 2.05) is 36.1 Å². The zero-order chi connectivity index (χ0) is 20.6. The van der Waals surface area contributed by atoms with Gasteiger partial charge in [0.2, 0.25) is 5.91 Å². The summed E-state index contributed by atoms with van der Waals surface area (Å²) in [6.45, 7) is 7.52. The number of ether oxygens (including phenoxy) is 1. The zero-order valence-corrected chi connectivity index (χ0v) is 17.5. The van der Waals surface area contributed by atoms with Crippen molar-refractivity contribution in [2.75, 3.05) is 31.1 Å². The standard InChI is InChI=1S/C23H29N3O3/c1-4-29-22(28)25-14-23(15-25)18-10-6-8-12-20(18)26(21(23)27)13-17(3)24-19-11-7-5-9-16(19)2/h6,8,10,12H,4-5,7,9,11,13-15H2,1-3H3. The quantitative estimate of drug-likeness (QED) is 0.723. The minimum absolute atomic E-state index is 0.0585. The predicted octanol–water partition coefficient (Wildman–Crippen LogP) is 4.05. The van der Waals surface area contributed by atoms with Crippen LogP contribution in [0.4, 0.5) is 10.5 Å². The molecule has 154 valence electrons. The highest BCUT2D eigenvalue weighted by atomic mass is 16.6. The lowest BCUT2D eigenvalue weighted by molar-refractivity contribution is -0.128. The summed E-state index contributed by atoms with van der Waals surface area (Å²) in [5, 5.41) is 0. The number of carbonyl (C=O) groups excluding carboxylic acids is 2. The third-order valence-corrected chi connectivity index (χ3v) is 6.23. The van der Waals surface area contributed by atoms with Crippen LogP contribution in [0.25, 0.3) is 0 Å². The second-order valence-corrected chi connectivity index (χ2v) is 8.33. The van der Waals surface area contributed by atoms with Gasteiger partial charge in [0, 0.05) is 30.2 Å². The Kier molecular flexibility index (Phi) is 5.19. The maximum absolute atomic E-state index is 13.5. The van der Waals surface area contributed by atoms with E-state index in [1.165, 1.54) is 24.1 Å². The van der Waals surface area contributed by atoms with Crippen LogP contribution in [0.3, 0.4) is 0 Å². The van der Waals surface area contributed by atoms with E-state index < -0.39 is 5.41 Å². The number of likely N-dealkylation sites (tertiary alicyclic amines) is 1. The number of anilines is 1. The van der Waals surface area contributed by atoms with E-state index in [-0.39, 0.29) is 12.0 Å². The number of fused-ring (bicyclic) bond motifs is 2. The summed E-state index contributed by atoms with van der Waals surface area (Å²) in [6, 6.07) is 7.92. The molecule has 2 amide bonds. The minimum atomic E-state index is -0.649. The van der Waals surface area contributed by atoms with Crippen LogP contribution < -0.4 is 4.90 Å². The van der Waals surface area contributed by atoms with Crippen molar-refractivity contribution in [3.63, 3.8) is 0 Å². The number of aliphatic imine (C=N–C) groups is 1. The van der Waals surface area contributed by atoms with Crippen molar-refractivity contribution in [1.82, 2.24) is 4.90 Å². The number of benzene rings is 1. The Labute approximate surface area is 172 Å². The molecule has 29 heavy (non-hydrogen) atoms. The van der Waals surface area contributed by atoms with Crippen LogP contribution in [0, 0.1) is 0 Å². The molecule has 1 saturated heterocycles. The van der Waals surface area contributed by atoms with Crippen LogP contribution in [0.1, 0.15) is 52.0 Å². The second-order valence-electron chi connectivity index (χ2n) is 8.33. The Bertz CT molecular complexity index is 896. The molecule has 0 aromatic heterocycles. The first-order valence-corrected chi connectivity index (χ1v) is 10.5. The van der Waals surface area contributed by atoms with Gasteiger partial charge in [0.1, 0.15) is 5.41 Å². The van der Waals surface area contributed by atoms with Gasteiger partial charge in [0.15, 0.2) is 0 Å². The molecule has 1 aromatic rings. The van der Waals surface area contributed by atoms with Crippen molar-refractivity contribution in [2.24, 2.45) is 4.99 Å². The molecular weight excluding hydrogens is 366 g/mol. The fourth-order valence-corrected chi connectivity index (χ4v) is 4.69. The van der Waals surface area contributed by atoms with Gasteiger partial charge in [0.05, 0.1) is 13.2 Å². The van der Waals surface area contributed by atoms with E-state index in [2.05, 4.69) is 6.92 Å². The van der Waals surface area contributed by atoms with Crippen molar-refractivity contribution in [3.8, 4) is 0 Å². The summed E-state index contributed by atoms with van der Waals surface area (Å²) in [5.74, 6) is 0.0585. The molecule has 0 radical (unpaired) electrons. The van der Waals surface area contributed by atoms with Gasteiger partial charge < -0.3 is 14.5 Å². The molecular formula is C23H29N3O3. The molecule has 1 aromatic carbocycles. The molecule has 0 N–H and O–H groups in total. The highest BCUT2D eigenvalue weighted by Crippen LogP contribution is 2.47. The Morgan fingerprint density at radius 2 is 1.93 bits per heavy atom. The fraction of sp³-hybridized carbons (Fsp3) is 0.522. The molecule has 4 rings (SSSR count). The number of allylic oxidation sites excluding steroid dienone is 2. The summed E-state index contributed by atoms with van der Waals surface area (Å²) in [5.41, 5.74) is 4.79. The van der Waals surface area contributed by atoms with E-state index in [4.69, 9.17) is 9.73 Å². The Hall–Kier alpha value is -2.63. The summed E-state index contributed by atoms with van der Waals surface area (Å²) in [7, 11) is 0. The topological polar surface area (TPSA) is 62.2 Å². The molecule has 2 aliphatic heterocycles. The number of carbonyl (C=O) groups is 2. The van der Waals surface area contributed by atoms with E-state index in [0.717, 1.165) is 29.8 Å². The van der Waals surface area contributed by atoms with Crippen LogP contribution in [0.15, 0.2) is 40.5 Å². The second kappa shape index (κ2) is 7.65. The number of rotatable bonds is 4. The molecule has 6 nitrogen and oxygen atoms in total.